The van der Waals surface area contributed by atoms with Crippen LogP contribution in [-0.2, 0) is 20.9 Å². The second-order valence-electron chi connectivity index (χ2n) is 4.39. The summed E-state index contributed by atoms with van der Waals surface area (Å²) in [6.45, 7) is 1.30. The fraction of sp³-hybridized carbons (Fsp3) is 0.231. The molecule has 0 aliphatic carbocycles. The van der Waals surface area contributed by atoms with E-state index in [1.165, 1.54) is 18.3 Å². The molecule has 0 aliphatic heterocycles. The van der Waals surface area contributed by atoms with E-state index in [9.17, 15) is 12.8 Å². The Bertz CT molecular complexity index is 799. The van der Waals surface area contributed by atoms with Crippen molar-refractivity contribution in [2.24, 2.45) is 0 Å². The molecule has 0 spiro atoms. The quantitative estimate of drug-likeness (QED) is 0.730. The minimum absolute atomic E-state index is 0.00351. The van der Waals surface area contributed by atoms with Gasteiger partial charge in [-0.2, -0.15) is 8.42 Å². The van der Waals surface area contributed by atoms with Gasteiger partial charge in [0.1, 0.15) is 0 Å². The fourth-order valence-corrected chi connectivity index (χ4v) is 2.28. The third-order valence-corrected chi connectivity index (χ3v) is 3.83. The second kappa shape index (κ2) is 6.67. The third kappa shape index (κ3) is 4.46. The van der Waals surface area contributed by atoms with Crippen LogP contribution in [0, 0.1) is 12.7 Å². The molecule has 1 aromatic heterocycles. The highest BCUT2D eigenvalue weighted by molar-refractivity contribution is 9.10. The molecule has 6 nitrogen and oxygen atoms in total. The van der Waals surface area contributed by atoms with Gasteiger partial charge in [0.2, 0.25) is 0 Å². The van der Waals surface area contributed by atoms with Crippen LogP contribution >= 0.6 is 15.9 Å². The van der Waals surface area contributed by atoms with E-state index in [4.69, 9.17) is 4.74 Å². The second-order valence-corrected chi connectivity index (χ2v) is 6.89. The summed E-state index contributed by atoms with van der Waals surface area (Å²) in [6, 6.07) is 4.58. The maximum Gasteiger partial charge on any atom is 0.322 e. The van der Waals surface area contributed by atoms with Crippen LogP contribution in [-0.4, -0.2) is 24.6 Å². The van der Waals surface area contributed by atoms with Crippen molar-refractivity contribution in [1.29, 1.82) is 0 Å². The van der Waals surface area contributed by atoms with Crippen molar-refractivity contribution in [3.05, 3.63) is 45.9 Å². The van der Waals surface area contributed by atoms with E-state index in [1.807, 2.05) is 0 Å². The molecule has 22 heavy (non-hydrogen) atoms. The summed E-state index contributed by atoms with van der Waals surface area (Å²) in [4.78, 5) is 7.88. The first-order valence-corrected chi connectivity index (χ1v) is 8.66. The van der Waals surface area contributed by atoms with Crippen LogP contribution in [0.25, 0.3) is 0 Å². The minimum atomic E-state index is -3.69. The summed E-state index contributed by atoms with van der Waals surface area (Å²) in [7, 11) is -3.69. The summed E-state index contributed by atoms with van der Waals surface area (Å²) in [5, 5.41) is 0. The van der Waals surface area contributed by atoms with Gasteiger partial charge in [0.15, 0.2) is 11.6 Å². The lowest BCUT2D eigenvalue weighted by Crippen LogP contribution is -2.06. The van der Waals surface area contributed by atoms with Crippen LogP contribution in [0.1, 0.15) is 11.3 Å². The van der Waals surface area contributed by atoms with Crippen LogP contribution in [0.15, 0.2) is 28.9 Å². The molecule has 0 amide bonds. The molecule has 0 bridgehead atoms. The zero-order valence-corrected chi connectivity index (χ0v) is 14.1. The standard InChI is InChI=1S/C13H12BrFN2O4S/c1-8-5-6-16-13(17-8)21-11-4-3-10(14)9(12(11)15)7-20-22(2,18)19/h3-6H,7H2,1-2H3. The van der Waals surface area contributed by atoms with E-state index in [-0.39, 0.29) is 17.3 Å². The minimum Gasteiger partial charge on any atom is -0.421 e. The number of nitrogens with zero attached hydrogens (tertiary/aromatic N) is 2. The Labute approximate surface area is 135 Å². The van der Waals surface area contributed by atoms with Gasteiger partial charge >= 0.3 is 6.01 Å². The van der Waals surface area contributed by atoms with E-state index in [2.05, 4.69) is 30.1 Å². The lowest BCUT2D eigenvalue weighted by molar-refractivity contribution is 0.301. The molecular weight excluding hydrogens is 379 g/mol. The number of benzene rings is 1. The number of hydrogen-bond acceptors (Lipinski definition) is 6. The summed E-state index contributed by atoms with van der Waals surface area (Å²) < 4.78 is 46.7. The zero-order chi connectivity index (χ0) is 16.3. The van der Waals surface area contributed by atoms with E-state index in [1.54, 1.807) is 13.0 Å². The number of rotatable bonds is 5. The van der Waals surface area contributed by atoms with Crippen molar-refractivity contribution in [1.82, 2.24) is 9.97 Å². The summed E-state index contributed by atoms with van der Waals surface area (Å²) in [5.74, 6) is -0.871. The molecule has 1 aromatic carbocycles. The number of ether oxygens (including phenoxy) is 1. The van der Waals surface area contributed by atoms with Crippen molar-refractivity contribution >= 4 is 26.0 Å². The van der Waals surface area contributed by atoms with Crippen molar-refractivity contribution in [2.45, 2.75) is 13.5 Å². The molecule has 9 heteroatoms. The first kappa shape index (κ1) is 16.8. The number of hydrogen-bond donors (Lipinski definition) is 0. The predicted octanol–water partition coefficient (Wildman–Crippen LogP) is 2.96. The molecule has 0 fully saturated rings. The molecule has 0 saturated carbocycles. The van der Waals surface area contributed by atoms with Gasteiger partial charge in [-0.15, -0.1) is 0 Å². The highest BCUT2D eigenvalue weighted by atomic mass is 79.9. The predicted molar refractivity (Wildman–Crippen MR) is 80.6 cm³/mol. The SMILES string of the molecule is Cc1ccnc(Oc2ccc(Br)c(COS(C)(=O)=O)c2F)n1. The molecule has 1 heterocycles. The largest absolute Gasteiger partial charge is 0.421 e. The first-order chi connectivity index (χ1) is 10.3. The third-order valence-electron chi connectivity index (χ3n) is 2.54. The average molecular weight is 391 g/mol. The van der Waals surface area contributed by atoms with Crippen LogP contribution in [0.2, 0.25) is 0 Å². The van der Waals surface area contributed by atoms with Crippen molar-refractivity contribution in [3.8, 4) is 11.8 Å². The molecule has 0 N–H and O–H groups in total. The van der Waals surface area contributed by atoms with E-state index >= 15 is 0 Å². The molecule has 0 unspecified atom stereocenters. The Hall–Kier alpha value is -1.58. The van der Waals surface area contributed by atoms with Gasteiger partial charge in [-0.3, -0.25) is 4.18 Å². The normalized spacial score (nSPS) is 11.5. The number of aromatic nitrogens is 2. The molecule has 0 atom stereocenters. The molecule has 2 rings (SSSR count). The fourth-order valence-electron chi connectivity index (χ4n) is 1.53. The lowest BCUT2D eigenvalue weighted by atomic mass is 10.2. The number of halogens is 2. The first-order valence-electron chi connectivity index (χ1n) is 6.05. The van der Waals surface area contributed by atoms with Gasteiger partial charge in [-0.05, 0) is 25.1 Å². The Morgan fingerprint density at radius 1 is 1.32 bits per heavy atom. The molecule has 2 aromatic rings. The molecule has 118 valence electrons. The van der Waals surface area contributed by atoms with Gasteiger partial charge in [-0.25, -0.2) is 14.4 Å². The Morgan fingerprint density at radius 3 is 2.68 bits per heavy atom. The maximum atomic E-state index is 14.4. The highest BCUT2D eigenvalue weighted by Crippen LogP contribution is 2.30. The van der Waals surface area contributed by atoms with Crippen molar-refractivity contribution < 1.29 is 21.7 Å². The summed E-state index contributed by atoms with van der Waals surface area (Å²) in [5.41, 5.74) is 0.693. The van der Waals surface area contributed by atoms with E-state index in [0.29, 0.717) is 10.2 Å². The molecule has 0 radical (unpaired) electrons. The Morgan fingerprint density at radius 2 is 2.05 bits per heavy atom. The van der Waals surface area contributed by atoms with Crippen molar-refractivity contribution in [2.75, 3.05) is 6.26 Å². The molecule has 0 saturated heterocycles. The monoisotopic (exact) mass is 390 g/mol. The van der Waals surface area contributed by atoms with Gasteiger partial charge in [0.05, 0.1) is 12.9 Å². The highest BCUT2D eigenvalue weighted by Gasteiger charge is 2.17. The summed E-state index contributed by atoms with van der Waals surface area (Å²) >= 11 is 3.14. The molecular formula is C13H12BrFN2O4S. The molecule has 0 aliphatic rings. The van der Waals surface area contributed by atoms with Crippen molar-refractivity contribution in [3.63, 3.8) is 0 Å². The Balaban J connectivity index is 2.30. The van der Waals surface area contributed by atoms with Crippen LogP contribution in [0.4, 0.5) is 4.39 Å². The van der Waals surface area contributed by atoms with Gasteiger partial charge in [0.25, 0.3) is 10.1 Å². The smallest absolute Gasteiger partial charge is 0.322 e. The topological polar surface area (TPSA) is 78.4 Å². The average Bonchev–Trinajstić information content (AvgIpc) is 2.41. The van der Waals surface area contributed by atoms with Gasteiger partial charge in [-0.1, -0.05) is 15.9 Å². The van der Waals surface area contributed by atoms with Crippen LogP contribution in [0.5, 0.6) is 11.8 Å². The summed E-state index contributed by atoms with van der Waals surface area (Å²) in [6.07, 6.45) is 2.38. The van der Waals surface area contributed by atoms with Gasteiger partial charge in [0, 0.05) is 21.9 Å². The number of aryl methyl sites for hydroxylation is 1. The van der Waals surface area contributed by atoms with E-state index < -0.39 is 22.5 Å². The van der Waals surface area contributed by atoms with Crippen LogP contribution in [0.3, 0.4) is 0 Å². The zero-order valence-electron chi connectivity index (χ0n) is 11.7. The Kier molecular flexibility index (Phi) is 5.09. The van der Waals surface area contributed by atoms with Crippen LogP contribution < -0.4 is 4.74 Å². The van der Waals surface area contributed by atoms with Gasteiger partial charge < -0.3 is 4.74 Å². The van der Waals surface area contributed by atoms with E-state index in [0.717, 1.165) is 6.26 Å². The maximum absolute atomic E-state index is 14.4. The lowest BCUT2D eigenvalue weighted by Gasteiger charge is -2.10.